The average Bonchev–Trinajstić information content (AvgIpc) is 3.13. The zero-order chi connectivity index (χ0) is 22.6. The first kappa shape index (κ1) is 22.5. The van der Waals surface area contributed by atoms with Gasteiger partial charge in [-0.2, -0.15) is 0 Å². The number of nitrogens with zero attached hydrogens (tertiary/aromatic N) is 2. The van der Waals surface area contributed by atoms with Crippen LogP contribution in [0.15, 0.2) is 88.2 Å². The molecule has 3 aromatic carbocycles. The highest BCUT2D eigenvalue weighted by atomic mass is 32.2. The third-order valence-corrected chi connectivity index (χ3v) is 7.56. The van der Waals surface area contributed by atoms with E-state index >= 15 is 0 Å². The third-order valence-electron chi connectivity index (χ3n) is 5.53. The van der Waals surface area contributed by atoms with Crippen molar-refractivity contribution in [2.45, 2.75) is 31.5 Å². The smallest absolute Gasteiger partial charge is 0.270 e. The summed E-state index contributed by atoms with van der Waals surface area (Å²) in [5, 5.41) is 0. The van der Waals surface area contributed by atoms with Gasteiger partial charge in [0, 0.05) is 13.1 Å². The number of aromatic nitrogens is 1. The Kier molecular flexibility index (Phi) is 6.89. The molecule has 0 radical (unpaired) electrons. The van der Waals surface area contributed by atoms with Crippen molar-refractivity contribution in [1.29, 1.82) is 0 Å². The summed E-state index contributed by atoms with van der Waals surface area (Å²) in [7, 11) is -3.32. The molecule has 0 aliphatic carbocycles. The standard InChI is InChI=1S/C25H26N2O3S2/c1-2-32(28,29)22-13-14-24-23(17-22)27(25(31)30-24)19-26(18-21-11-7-4-8-12-21)16-15-20-9-5-3-6-10-20/h3-14,17H,2,15-16,18-19H2,1H3. The van der Waals surface area contributed by atoms with E-state index in [0.717, 1.165) is 19.5 Å². The van der Waals surface area contributed by atoms with Crippen molar-refractivity contribution in [3.63, 3.8) is 0 Å². The van der Waals surface area contributed by atoms with Gasteiger partial charge in [0.05, 0.1) is 22.8 Å². The van der Waals surface area contributed by atoms with Crippen LogP contribution in [0.2, 0.25) is 0 Å². The van der Waals surface area contributed by atoms with Crippen molar-refractivity contribution in [3.8, 4) is 0 Å². The molecular formula is C25H26N2O3S2. The van der Waals surface area contributed by atoms with E-state index in [1.807, 2.05) is 41.0 Å². The van der Waals surface area contributed by atoms with Gasteiger partial charge in [0.15, 0.2) is 15.4 Å². The Balaban J connectivity index is 1.66. The van der Waals surface area contributed by atoms with Gasteiger partial charge in [0.25, 0.3) is 4.84 Å². The van der Waals surface area contributed by atoms with E-state index in [2.05, 4.69) is 29.2 Å². The molecule has 4 aromatic rings. The van der Waals surface area contributed by atoms with Gasteiger partial charge in [-0.25, -0.2) is 8.42 Å². The van der Waals surface area contributed by atoms with Crippen molar-refractivity contribution in [3.05, 3.63) is 94.8 Å². The second kappa shape index (κ2) is 9.81. The van der Waals surface area contributed by atoms with E-state index in [1.54, 1.807) is 25.1 Å². The molecule has 0 aliphatic rings. The van der Waals surface area contributed by atoms with Gasteiger partial charge in [-0.15, -0.1) is 0 Å². The largest absolute Gasteiger partial charge is 0.429 e. The van der Waals surface area contributed by atoms with Crippen molar-refractivity contribution in [2.75, 3.05) is 12.3 Å². The minimum Gasteiger partial charge on any atom is -0.429 e. The number of sulfone groups is 1. The molecule has 0 amide bonds. The minimum absolute atomic E-state index is 0.0499. The first-order chi connectivity index (χ1) is 15.5. The molecule has 0 fully saturated rings. The van der Waals surface area contributed by atoms with Crippen LogP contribution in [0.5, 0.6) is 0 Å². The van der Waals surface area contributed by atoms with Gasteiger partial charge in [-0.3, -0.25) is 9.47 Å². The Hall–Kier alpha value is -2.74. The molecule has 0 aliphatic heterocycles. The Labute approximate surface area is 193 Å². The fraction of sp³-hybridized carbons (Fsp3) is 0.240. The zero-order valence-corrected chi connectivity index (χ0v) is 19.6. The molecule has 4 rings (SSSR count). The van der Waals surface area contributed by atoms with Crippen molar-refractivity contribution >= 4 is 33.2 Å². The summed E-state index contributed by atoms with van der Waals surface area (Å²) in [6.45, 7) is 3.71. The predicted molar refractivity (Wildman–Crippen MR) is 130 cm³/mol. The second-order valence-corrected chi connectivity index (χ2v) is 10.4. The number of oxazole rings is 1. The normalized spacial score (nSPS) is 11.9. The molecule has 0 N–H and O–H groups in total. The zero-order valence-electron chi connectivity index (χ0n) is 18.0. The Bertz CT molecular complexity index is 1340. The van der Waals surface area contributed by atoms with Gasteiger partial charge in [-0.1, -0.05) is 67.6 Å². The Morgan fingerprint density at radius 2 is 1.59 bits per heavy atom. The molecule has 0 saturated carbocycles. The van der Waals surface area contributed by atoms with Crippen LogP contribution in [-0.2, 0) is 29.5 Å². The molecule has 32 heavy (non-hydrogen) atoms. The average molecular weight is 467 g/mol. The molecule has 0 bridgehead atoms. The summed E-state index contributed by atoms with van der Waals surface area (Å²) >= 11 is 5.50. The van der Waals surface area contributed by atoms with Crippen molar-refractivity contribution in [1.82, 2.24) is 9.47 Å². The number of fused-ring (bicyclic) bond motifs is 1. The van der Waals surface area contributed by atoms with Gasteiger partial charge >= 0.3 is 0 Å². The summed E-state index contributed by atoms with van der Waals surface area (Å²) in [6.07, 6.45) is 0.895. The SMILES string of the molecule is CCS(=O)(=O)c1ccc2oc(=S)n(CN(CCc3ccccc3)Cc3ccccc3)c2c1. The summed E-state index contributed by atoms with van der Waals surface area (Å²) in [5.41, 5.74) is 3.76. The summed E-state index contributed by atoms with van der Waals surface area (Å²) in [6, 6.07) is 25.6. The van der Waals surface area contributed by atoms with Crippen LogP contribution in [0.25, 0.3) is 11.1 Å². The van der Waals surface area contributed by atoms with Crippen LogP contribution in [-0.4, -0.2) is 30.2 Å². The molecule has 1 heterocycles. The third kappa shape index (κ3) is 5.18. The highest BCUT2D eigenvalue weighted by Crippen LogP contribution is 2.23. The molecule has 0 unspecified atom stereocenters. The molecule has 1 aromatic heterocycles. The highest BCUT2D eigenvalue weighted by molar-refractivity contribution is 7.91. The van der Waals surface area contributed by atoms with E-state index in [9.17, 15) is 8.42 Å². The number of hydrogen-bond acceptors (Lipinski definition) is 5. The molecule has 0 spiro atoms. The van der Waals surface area contributed by atoms with Crippen LogP contribution in [0.4, 0.5) is 0 Å². The molecule has 7 heteroatoms. The Morgan fingerprint density at radius 3 is 2.25 bits per heavy atom. The fourth-order valence-corrected chi connectivity index (χ4v) is 4.86. The first-order valence-corrected chi connectivity index (χ1v) is 12.7. The van der Waals surface area contributed by atoms with Crippen molar-refractivity contribution in [2.24, 2.45) is 0 Å². The lowest BCUT2D eigenvalue weighted by Gasteiger charge is -2.23. The highest BCUT2D eigenvalue weighted by Gasteiger charge is 2.17. The van der Waals surface area contributed by atoms with Crippen LogP contribution in [0.1, 0.15) is 18.1 Å². The van der Waals surface area contributed by atoms with Gasteiger partial charge in [-0.05, 0) is 48.0 Å². The maximum Gasteiger partial charge on any atom is 0.270 e. The van der Waals surface area contributed by atoms with E-state index < -0.39 is 9.84 Å². The van der Waals surface area contributed by atoms with Crippen LogP contribution >= 0.6 is 12.2 Å². The lowest BCUT2D eigenvalue weighted by molar-refractivity contribution is 0.210. The fourth-order valence-electron chi connectivity index (χ4n) is 3.71. The topological polar surface area (TPSA) is 55.5 Å². The van der Waals surface area contributed by atoms with Gasteiger partial charge in [0.2, 0.25) is 0 Å². The molecule has 0 saturated heterocycles. The maximum absolute atomic E-state index is 12.4. The summed E-state index contributed by atoms with van der Waals surface area (Å²) < 4.78 is 32.5. The minimum atomic E-state index is -3.32. The predicted octanol–water partition coefficient (Wildman–Crippen LogP) is 5.46. The second-order valence-electron chi connectivity index (χ2n) is 7.74. The molecule has 0 atom stereocenters. The summed E-state index contributed by atoms with van der Waals surface area (Å²) in [5.74, 6) is 0.0499. The lowest BCUT2D eigenvalue weighted by Crippen LogP contribution is -2.28. The Morgan fingerprint density at radius 1 is 0.938 bits per heavy atom. The van der Waals surface area contributed by atoms with Crippen LogP contribution < -0.4 is 0 Å². The van der Waals surface area contributed by atoms with Gasteiger partial charge < -0.3 is 4.42 Å². The number of rotatable bonds is 9. The quantitative estimate of drug-likeness (QED) is 0.307. The lowest BCUT2D eigenvalue weighted by atomic mass is 10.1. The van der Waals surface area contributed by atoms with E-state index in [-0.39, 0.29) is 10.6 Å². The van der Waals surface area contributed by atoms with Crippen LogP contribution in [0, 0.1) is 4.84 Å². The first-order valence-electron chi connectivity index (χ1n) is 10.6. The van der Waals surface area contributed by atoms with Gasteiger partial charge in [0.1, 0.15) is 0 Å². The van der Waals surface area contributed by atoms with Crippen molar-refractivity contribution < 1.29 is 12.8 Å². The van der Waals surface area contributed by atoms with E-state index in [0.29, 0.717) is 22.6 Å². The van der Waals surface area contributed by atoms with Crippen LogP contribution in [0.3, 0.4) is 0 Å². The summed E-state index contributed by atoms with van der Waals surface area (Å²) in [4.78, 5) is 2.92. The van der Waals surface area contributed by atoms with E-state index in [1.165, 1.54) is 11.1 Å². The maximum atomic E-state index is 12.4. The number of benzene rings is 3. The molecular weight excluding hydrogens is 440 g/mol. The van der Waals surface area contributed by atoms with E-state index in [4.69, 9.17) is 16.6 Å². The monoisotopic (exact) mass is 466 g/mol. The molecule has 5 nitrogen and oxygen atoms in total. The number of hydrogen-bond donors (Lipinski definition) is 0. The molecule has 166 valence electrons.